The predicted molar refractivity (Wildman–Crippen MR) is 97.2 cm³/mol. The van der Waals surface area contributed by atoms with Gasteiger partial charge < -0.3 is 10.1 Å². The van der Waals surface area contributed by atoms with Gasteiger partial charge in [-0.2, -0.15) is 0 Å². The van der Waals surface area contributed by atoms with E-state index in [-0.39, 0.29) is 10.7 Å². The molecule has 7 nitrogen and oxygen atoms in total. The Bertz CT molecular complexity index is 807. The van der Waals surface area contributed by atoms with Gasteiger partial charge in [0.05, 0.1) is 30.0 Å². The van der Waals surface area contributed by atoms with Gasteiger partial charge in [-0.05, 0) is 36.4 Å². The molecule has 1 aliphatic rings. The lowest BCUT2D eigenvalue weighted by Gasteiger charge is -2.26. The summed E-state index contributed by atoms with van der Waals surface area (Å²) in [5.74, 6) is -0.289. The first-order valence-corrected chi connectivity index (χ1v) is 9.80. The zero-order chi connectivity index (χ0) is 18.4. The molecule has 2 aromatic rings. The first-order chi connectivity index (χ1) is 12.5. The number of sulfonamides is 1. The van der Waals surface area contributed by atoms with Crippen LogP contribution >= 0.6 is 0 Å². The van der Waals surface area contributed by atoms with Crippen LogP contribution in [0.5, 0.6) is 0 Å². The number of nitrogens with one attached hydrogen (secondary N) is 2. The Balaban J connectivity index is 1.53. The molecule has 0 unspecified atom stereocenters. The van der Waals surface area contributed by atoms with E-state index in [4.69, 9.17) is 4.74 Å². The predicted octanol–water partition coefficient (Wildman–Crippen LogP) is 1.77. The fraction of sp³-hybridized carbons (Fsp3) is 0.353. The molecule has 1 fully saturated rings. The lowest BCUT2D eigenvalue weighted by Crippen LogP contribution is -2.39. The van der Waals surface area contributed by atoms with Crippen molar-refractivity contribution in [3.05, 3.63) is 48.4 Å². The second-order valence-corrected chi connectivity index (χ2v) is 7.55. The van der Waals surface area contributed by atoms with Gasteiger partial charge in [0.15, 0.2) is 0 Å². The lowest BCUT2D eigenvalue weighted by molar-refractivity contribution is 0.0398. The smallest absolute Gasteiger partial charge is 0.263 e. The largest absolute Gasteiger partial charge is 0.383 e. The van der Waals surface area contributed by atoms with Gasteiger partial charge in [-0.15, -0.1) is 0 Å². The maximum absolute atomic E-state index is 12.9. The third kappa shape index (κ3) is 5.13. The van der Waals surface area contributed by atoms with E-state index in [2.05, 4.69) is 19.9 Å². The van der Waals surface area contributed by atoms with Gasteiger partial charge in [-0.3, -0.25) is 9.62 Å². The molecule has 140 valence electrons. The van der Waals surface area contributed by atoms with Crippen LogP contribution in [-0.2, 0) is 14.8 Å². The van der Waals surface area contributed by atoms with E-state index in [9.17, 15) is 12.8 Å². The van der Waals surface area contributed by atoms with Gasteiger partial charge in [0.2, 0.25) is 0 Å². The molecule has 1 saturated heterocycles. The number of morpholine rings is 1. The van der Waals surface area contributed by atoms with E-state index in [1.165, 1.54) is 12.1 Å². The zero-order valence-electron chi connectivity index (χ0n) is 14.2. The Hall–Kier alpha value is -2.23. The van der Waals surface area contributed by atoms with Crippen LogP contribution in [0.15, 0.2) is 47.5 Å². The van der Waals surface area contributed by atoms with Gasteiger partial charge in [0.25, 0.3) is 10.0 Å². The average molecular weight is 380 g/mol. The van der Waals surface area contributed by atoms with E-state index in [1.807, 2.05) is 0 Å². The molecule has 0 bridgehead atoms. The molecular formula is C17H21FN4O3S. The number of nitrogens with zero attached hydrogens (tertiary/aromatic N) is 2. The third-order valence-electron chi connectivity index (χ3n) is 3.99. The molecule has 0 saturated carbocycles. The van der Waals surface area contributed by atoms with Crippen molar-refractivity contribution in [2.75, 3.05) is 49.4 Å². The molecule has 26 heavy (non-hydrogen) atoms. The molecule has 1 aliphatic heterocycles. The molecule has 2 N–H and O–H groups in total. The molecular weight excluding hydrogens is 359 g/mol. The number of hydrogen-bond donors (Lipinski definition) is 2. The molecule has 1 aromatic heterocycles. The fourth-order valence-corrected chi connectivity index (χ4v) is 3.56. The summed E-state index contributed by atoms with van der Waals surface area (Å²) in [6.45, 7) is 5.08. The van der Waals surface area contributed by atoms with Crippen molar-refractivity contribution in [2.45, 2.75) is 4.90 Å². The topological polar surface area (TPSA) is 83.6 Å². The normalized spacial score (nSPS) is 15.6. The number of halogens is 1. The minimum atomic E-state index is -3.79. The first kappa shape index (κ1) is 18.6. The van der Waals surface area contributed by atoms with Crippen LogP contribution in [-0.4, -0.2) is 57.7 Å². The highest BCUT2D eigenvalue weighted by molar-refractivity contribution is 7.92. The molecule has 0 spiro atoms. The summed E-state index contributed by atoms with van der Waals surface area (Å²) in [4.78, 5) is 6.41. The lowest BCUT2D eigenvalue weighted by atomic mass is 10.3. The molecule has 0 amide bonds. The van der Waals surface area contributed by atoms with Crippen molar-refractivity contribution < 1.29 is 17.5 Å². The van der Waals surface area contributed by atoms with E-state index in [0.29, 0.717) is 0 Å². The number of anilines is 2. The van der Waals surface area contributed by atoms with Gasteiger partial charge >= 0.3 is 0 Å². The second kappa shape index (κ2) is 8.43. The van der Waals surface area contributed by atoms with Crippen molar-refractivity contribution in [3.63, 3.8) is 0 Å². The highest BCUT2D eigenvalue weighted by atomic mass is 32.2. The summed E-state index contributed by atoms with van der Waals surface area (Å²) in [6.07, 6.45) is 1.57. The number of ether oxygens (including phenoxy) is 1. The SMILES string of the molecule is O=S(=O)(Nc1ccc(NCCN2CCOCC2)cn1)c1ccc(F)cc1. The molecule has 0 atom stereocenters. The van der Waals surface area contributed by atoms with Crippen molar-refractivity contribution in [2.24, 2.45) is 0 Å². The molecule has 0 aliphatic carbocycles. The van der Waals surface area contributed by atoms with Gasteiger partial charge in [-0.1, -0.05) is 0 Å². The van der Waals surface area contributed by atoms with Crippen LogP contribution in [0.2, 0.25) is 0 Å². The summed E-state index contributed by atoms with van der Waals surface area (Å²) in [6, 6.07) is 7.96. The van der Waals surface area contributed by atoms with Crippen LogP contribution < -0.4 is 10.0 Å². The number of aromatic nitrogens is 1. The van der Waals surface area contributed by atoms with Gasteiger partial charge in [0.1, 0.15) is 11.6 Å². The fourth-order valence-electron chi connectivity index (χ4n) is 2.55. The van der Waals surface area contributed by atoms with Crippen LogP contribution in [0.1, 0.15) is 0 Å². The van der Waals surface area contributed by atoms with Gasteiger partial charge in [-0.25, -0.2) is 17.8 Å². The number of hydrogen-bond acceptors (Lipinski definition) is 6. The van der Waals surface area contributed by atoms with Crippen molar-refractivity contribution >= 4 is 21.5 Å². The number of pyridine rings is 1. The summed E-state index contributed by atoms with van der Waals surface area (Å²) in [7, 11) is -3.79. The second-order valence-electron chi connectivity index (χ2n) is 5.87. The standard InChI is InChI=1S/C17H21FN4O3S/c18-14-1-4-16(5-2-14)26(23,24)21-17-6-3-15(13-20-17)19-7-8-22-9-11-25-12-10-22/h1-6,13,19H,7-12H2,(H,20,21). The quantitative estimate of drug-likeness (QED) is 0.762. The Kier molecular flexibility index (Phi) is 6.02. The van der Waals surface area contributed by atoms with Crippen molar-refractivity contribution in [1.82, 2.24) is 9.88 Å². The molecule has 9 heteroatoms. The maximum atomic E-state index is 12.9. The van der Waals surface area contributed by atoms with E-state index >= 15 is 0 Å². The number of rotatable bonds is 7. The monoisotopic (exact) mass is 380 g/mol. The van der Waals surface area contributed by atoms with E-state index in [0.717, 1.165) is 57.2 Å². The Morgan fingerprint density at radius 3 is 2.50 bits per heavy atom. The Morgan fingerprint density at radius 1 is 1.12 bits per heavy atom. The van der Waals surface area contributed by atoms with E-state index in [1.54, 1.807) is 18.3 Å². The molecule has 1 aromatic carbocycles. The minimum Gasteiger partial charge on any atom is -0.383 e. The highest BCUT2D eigenvalue weighted by Crippen LogP contribution is 2.16. The Labute approximate surface area is 152 Å². The van der Waals surface area contributed by atoms with Crippen LogP contribution in [0.25, 0.3) is 0 Å². The average Bonchev–Trinajstić information content (AvgIpc) is 2.64. The van der Waals surface area contributed by atoms with Crippen LogP contribution in [0, 0.1) is 5.82 Å². The molecule has 3 rings (SSSR count). The molecule has 2 heterocycles. The Morgan fingerprint density at radius 2 is 1.85 bits per heavy atom. The van der Waals surface area contributed by atoms with E-state index < -0.39 is 15.8 Å². The first-order valence-electron chi connectivity index (χ1n) is 8.31. The number of benzene rings is 1. The summed E-state index contributed by atoms with van der Waals surface area (Å²) in [5, 5.41) is 3.26. The van der Waals surface area contributed by atoms with Crippen LogP contribution in [0.3, 0.4) is 0 Å². The summed E-state index contributed by atoms with van der Waals surface area (Å²) < 4.78 is 45.1. The van der Waals surface area contributed by atoms with Crippen LogP contribution in [0.4, 0.5) is 15.9 Å². The van der Waals surface area contributed by atoms with Crippen molar-refractivity contribution in [3.8, 4) is 0 Å². The highest BCUT2D eigenvalue weighted by Gasteiger charge is 2.15. The summed E-state index contributed by atoms with van der Waals surface area (Å²) in [5.41, 5.74) is 0.808. The minimum absolute atomic E-state index is 0.0200. The maximum Gasteiger partial charge on any atom is 0.263 e. The van der Waals surface area contributed by atoms with Crippen molar-refractivity contribution in [1.29, 1.82) is 0 Å². The van der Waals surface area contributed by atoms with Gasteiger partial charge in [0, 0.05) is 26.2 Å². The summed E-state index contributed by atoms with van der Waals surface area (Å²) >= 11 is 0. The third-order valence-corrected chi connectivity index (χ3v) is 5.36. The zero-order valence-corrected chi connectivity index (χ0v) is 15.0. The molecule has 0 radical (unpaired) electrons.